The third-order valence-electron chi connectivity index (χ3n) is 2.73. The van der Waals surface area contributed by atoms with Crippen LogP contribution in [-0.2, 0) is 32.3 Å². The molecule has 4 nitrogen and oxygen atoms in total. The molecule has 2 rings (SSSR count). The van der Waals surface area contributed by atoms with E-state index in [4.69, 9.17) is 32.7 Å². The summed E-state index contributed by atoms with van der Waals surface area (Å²) in [5, 5.41) is 1.16. The van der Waals surface area contributed by atoms with Gasteiger partial charge in [-0.3, -0.25) is 0 Å². The monoisotopic (exact) mass is 338 g/mol. The Morgan fingerprint density at radius 1 is 0.682 bits per heavy atom. The number of rotatable bonds is 4. The van der Waals surface area contributed by atoms with Crippen LogP contribution in [0.2, 0.25) is 10.0 Å². The van der Waals surface area contributed by atoms with Gasteiger partial charge >= 0.3 is 11.9 Å². The van der Waals surface area contributed by atoms with Crippen LogP contribution in [0.1, 0.15) is 11.1 Å². The molecule has 0 spiro atoms. The van der Waals surface area contributed by atoms with Crippen molar-refractivity contribution in [2.45, 2.75) is 13.2 Å². The van der Waals surface area contributed by atoms with Crippen molar-refractivity contribution in [2.24, 2.45) is 0 Å². The Morgan fingerprint density at radius 2 is 1.00 bits per heavy atom. The molecular formula is C16H12Cl2O4. The Bertz CT molecular complexity index is 591. The fourth-order valence-electron chi connectivity index (χ4n) is 1.58. The van der Waals surface area contributed by atoms with Crippen molar-refractivity contribution >= 4 is 35.1 Å². The summed E-state index contributed by atoms with van der Waals surface area (Å²) in [5.41, 5.74) is 1.45. The number of carbonyl (C=O) groups is 2. The van der Waals surface area contributed by atoms with Crippen LogP contribution in [0.3, 0.4) is 0 Å². The SMILES string of the molecule is O=C(OCc1ccc(Cl)cc1)C(=O)OCc1ccc(Cl)cc1. The Kier molecular flexibility index (Phi) is 5.81. The first-order valence-corrected chi connectivity index (χ1v) is 7.13. The van der Waals surface area contributed by atoms with Gasteiger partial charge in [0.1, 0.15) is 13.2 Å². The summed E-state index contributed by atoms with van der Waals surface area (Å²) in [7, 11) is 0. The number of esters is 2. The van der Waals surface area contributed by atoms with E-state index in [0.717, 1.165) is 11.1 Å². The maximum absolute atomic E-state index is 11.5. The molecule has 2 aromatic rings. The molecule has 0 aliphatic carbocycles. The lowest BCUT2D eigenvalue weighted by Crippen LogP contribution is -2.20. The maximum atomic E-state index is 11.5. The predicted molar refractivity (Wildman–Crippen MR) is 82.5 cm³/mol. The molecule has 0 aliphatic rings. The summed E-state index contributed by atoms with van der Waals surface area (Å²) in [6, 6.07) is 13.5. The zero-order valence-corrected chi connectivity index (χ0v) is 12.9. The van der Waals surface area contributed by atoms with Gasteiger partial charge in [0, 0.05) is 10.0 Å². The van der Waals surface area contributed by atoms with Crippen molar-refractivity contribution in [3.63, 3.8) is 0 Å². The Balaban J connectivity index is 1.78. The molecule has 6 heteroatoms. The standard InChI is InChI=1S/C16H12Cl2O4/c17-13-5-1-11(2-6-13)9-21-15(19)16(20)22-10-12-3-7-14(18)8-4-12/h1-8H,9-10H2. The first-order chi connectivity index (χ1) is 10.5. The zero-order chi connectivity index (χ0) is 15.9. The van der Waals surface area contributed by atoms with Gasteiger partial charge in [0.15, 0.2) is 0 Å². The minimum Gasteiger partial charge on any atom is -0.452 e. The maximum Gasteiger partial charge on any atom is 0.417 e. The molecular weight excluding hydrogens is 327 g/mol. The van der Waals surface area contributed by atoms with Gasteiger partial charge in [-0.15, -0.1) is 0 Å². The molecule has 0 bridgehead atoms. The van der Waals surface area contributed by atoms with Crippen LogP contribution in [0.25, 0.3) is 0 Å². The highest BCUT2D eigenvalue weighted by atomic mass is 35.5. The molecule has 0 fully saturated rings. The fourth-order valence-corrected chi connectivity index (χ4v) is 1.83. The van der Waals surface area contributed by atoms with E-state index in [-0.39, 0.29) is 13.2 Å². The molecule has 0 aliphatic heterocycles. The molecule has 0 saturated heterocycles. The van der Waals surface area contributed by atoms with E-state index in [9.17, 15) is 9.59 Å². The van der Waals surface area contributed by atoms with Crippen LogP contribution in [0.5, 0.6) is 0 Å². The van der Waals surface area contributed by atoms with Crippen LogP contribution in [-0.4, -0.2) is 11.9 Å². The minimum atomic E-state index is -1.04. The molecule has 0 aromatic heterocycles. The fraction of sp³-hybridized carbons (Fsp3) is 0.125. The summed E-state index contributed by atoms with van der Waals surface area (Å²) in [6.45, 7) is -0.0436. The largest absolute Gasteiger partial charge is 0.452 e. The number of hydrogen-bond acceptors (Lipinski definition) is 4. The van der Waals surface area contributed by atoms with Gasteiger partial charge in [0.2, 0.25) is 0 Å². The van der Waals surface area contributed by atoms with Crippen LogP contribution in [0, 0.1) is 0 Å². The lowest BCUT2D eigenvalue weighted by Gasteiger charge is -2.06. The molecule has 114 valence electrons. The molecule has 2 aromatic carbocycles. The second kappa shape index (κ2) is 7.82. The Morgan fingerprint density at radius 3 is 1.32 bits per heavy atom. The van der Waals surface area contributed by atoms with Crippen LogP contribution in [0.4, 0.5) is 0 Å². The average molecular weight is 339 g/mol. The van der Waals surface area contributed by atoms with Crippen LogP contribution in [0.15, 0.2) is 48.5 Å². The molecule has 0 amide bonds. The second-order valence-corrected chi connectivity index (χ2v) is 5.28. The number of carbonyl (C=O) groups excluding carboxylic acids is 2. The third kappa shape index (κ3) is 5.06. The van der Waals surface area contributed by atoms with E-state index in [1.54, 1.807) is 48.5 Å². The minimum absolute atomic E-state index is 0.0218. The summed E-state index contributed by atoms with van der Waals surface area (Å²) in [6.07, 6.45) is 0. The van der Waals surface area contributed by atoms with Crippen LogP contribution >= 0.6 is 23.2 Å². The van der Waals surface area contributed by atoms with E-state index < -0.39 is 11.9 Å². The molecule has 22 heavy (non-hydrogen) atoms. The van der Waals surface area contributed by atoms with Crippen molar-refractivity contribution in [1.29, 1.82) is 0 Å². The molecule has 0 atom stereocenters. The van der Waals surface area contributed by atoms with E-state index in [2.05, 4.69) is 0 Å². The van der Waals surface area contributed by atoms with E-state index in [0.29, 0.717) is 10.0 Å². The van der Waals surface area contributed by atoms with Crippen molar-refractivity contribution in [2.75, 3.05) is 0 Å². The van der Waals surface area contributed by atoms with Gasteiger partial charge in [-0.2, -0.15) is 0 Å². The molecule has 0 heterocycles. The summed E-state index contributed by atoms with van der Waals surface area (Å²) < 4.78 is 9.72. The summed E-state index contributed by atoms with van der Waals surface area (Å²) >= 11 is 11.5. The second-order valence-electron chi connectivity index (χ2n) is 4.41. The highest BCUT2D eigenvalue weighted by Crippen LogP contribution is 2.11. The first-order valence-electron chi connectivity index (χ1n) is 6.37. The van der Waals surface area contributed by atoms with Gasteiger partial charge in [-0.05, 0) is 35.4 Å². The van der Waals surface area contributed by atoms with Gasteiger partial charge in [0.05, 0.1) is 0 Å². The highest BCUT2D eigenvalue weighted by Gasteiger charge is 2.17. The van der Waals surface area contributed by atoms with Crippen molar-refractivity contribution in [1.82, 2.24) is 0 Å². The van der Waals surface area contributed by atoms with Crippen LogP contribution < -0.4 is 0 Å². The van der Waals surface area contributed by atoms with Gasteiger partial charge in [0.25, 0.3) is 0 Å². The van der Waals surface area contributed by atoms with Gasteiger partial charge in [-0.1, -0.05) is 47.5 Å². The van der Waals surface area contributed by atoms with E-state index in [1.165, 1.54) is 0 Å². The smallest absolute Gasteiger partial charge is 0.417 e. The normalized spacial score (nSPS) is 10.1. The van der Waals surface area contributed by atoms with Gasteiger partial charge < -0.3 is 9.47 Å². The van der Waals surface area contributed by atoms with E-state index >= 15 is 0 Å². The molecule has 0 saturated carbocycles. The third-order valence-corrected chi connectivity index (χ3v) is 3.24. The summed E-state index contributed by atoms with van der Waals surface area (Å²) in [5.74, 6) is -2.08. The van der Waals surface area contributed by atoms with Gasteiger partial charge in [-0.25, -0.2) is 9.59 Å². The lowest BCUT2D eigenvalue weighted by molar-refractivity contribution is -0.169. The number of hydrogen-bond donors (Lipinski definition) is 0. The Hall–Kier alpha value is -2.04. The highest BCUT2D eigenvalue weighted by molar-refractivity contribution is 6.31. The summed E-state index contributed by atoms with van der Waals surface area (Å²) in [4.78, 5) is 23.0. The lowest BCUT2D eigenvalue weighted by atomic mass is 10.2. The van der Waals surface area contributed by atoms with Crippen molar-refractivity contribution < 1.29 is 19.1 Å². The molecule has 0 unspecified atom stereocenters. The first kappa shape index (κ1) is 16.3. The molecule has 0 N–H and O–H groups in total. The number of benzene rings is 2. The zero-order valence-electron chi connectivity index (χ0n) is 11.4. The predicted octanol–water partition coefficient (Wildman–Crippen LogP) is 3.78. The average Bonchev–Trinajstić information content (AvgIpc) is 2.53. The Labute approximate surface area is 137 Å². The van der Waals surface area contributed by atoms with Crippen molar-refractivity contribution in [3.8, 4) is 0 Å². The molecule has 0 radical (unpaired) electrons. The van der Waals surface area contributed by atoms with E-state index in [1.807, 2.05) is 0 Å². The number of halogens is 2. The van der Waals surface area contributed by atoms with Crippen molar-refractivity contribution in [3.05, 3.63) is 69.7 Å². The topological polar surface area (TPSA) is 52.6 Å². The number of ether oxygens (including phenoxy) is 2. The quantitative estimate of drug-likeness (QED) is 0.628.